The molecule has 0 saturated carbocycles. The summed E-state index contributed by atoms with van der Waals surface area (Å²) in [6.45, 7) is 4.34. The molecule has 3 aromatic rings. The maximum absolute atomic E-state index is 13.0. The Bertz CT molecular complexity index is 1320. The van der Waals surface area contributed by atoms with E-state index in [-0.39, 0.29) is 22.1 Å². The van der Waals surface area contributed by atoms with Gasteiger partial charge in [-0.3, -0.25) is 4.79 Å². The first-order valence-electron chi connectivity index (χ1n) is 10.1. The number of aryl methyl sites for hydroxylation is 1. The first-order chi connectivity index (χ1) is 15.4. The number of carbonyl (C=O) groups is 1. The predicted molar refractivity (Wildman–Crippen MR) is 125 cm³/mol. The molecule has 0 spiro atoms. The molecule has 4 rings (SSSR count). The van der Waals surface area contributed by atoms with Gasteiger partial charge in [-0.1, -0.05) is 42.0 Å². The molecule has 3 aromatic carbocycles. The molecule has 0 fully saturated rings. The van der Waals surface area contributed by atoms with Crippen LogP contribution >= 0.6 is 0 Å². The fraction of sp³-hybridized carbons (Fsp3) is 0.120. The minimum absolute atomic E-state index is 0.0967. The van der Waals surface area contributed by atoms with Crippen LogP contribution < -0.4 is 10.1 Å². The predicted octanol–water partition coefficient (Wildman–Crippen LogP) is 4.76. The van der Waals surface area contributed by atoms with Crippen LogP contribution in [0.5, 0.6) is 5.75 Å². The monoisotopic (exact) mass is 446 g/mol. The van der Waals surface area contributed by atoms with Crippen molar-refractivity contribution in [2.45, 2.75) is 18.7 Å². The molecule has 1 N–H and O–H groups in total. The van der Waals surface area contributed by atoms with E-state index < -0.39 is 10.0 Å². The standard InChI is InChI=1S/C25H22N2O4S/c1-3-31-19-12-10-18(11-13-19)26-24-16-23(21-6-4-5-7-22(21)25(24)28)27-32(29,30)20-14-8-17(2)9-15-20/h4-16,26H,3H2,1-2H3. The molecular formula is C25H22N2O4S. The Morgan fingerprint density at radius 2 is 1.56 bits per heavy atom. The second kappa shape index (κ2) is 8.80. The van der Waals surface area contributed by atoms with Crippen molar-refractivity contribution in [1.82, 2.24) is 0 Å². The van der Waals surface area contributed by atoms with Crippen LogP contribution in [0.1, 0.15) is 28.4 Å². The maximum atomic E-state index is 13.0. The highest BCUT2D eigenvalue weighted by Gasteiger charge is 2.26. The fourth-order valence-corrected chi connectivity index (χ4v) is 4.34. The number of ketones is 1. The second-order valence-corrected chi connectivity index (χ2v) is 8.88. The van der Waals surface area contributed by atoms with Gasteiger partial charge >= 0.3 is 0 Å². The minimum atomic E-state index is -3.96. The Kier molecular flexibility index (Phi) is 5.92. The van der Waals surface area contributed by atoms with Gasteiger partial charge in [0.15, 0.2) is 0 Å². The van der Waals surface area contributed by atoms with Crippen LogP contribution in [0.25, 0.3) is 0 Å². The Balaban J connectivity index is 1.74. The number of sulfonamides is 1. The number of carbonyl (C=O) groups excluding carboxylic acids is 1. The number of Topliss-reactive ketones (excluding diaryl/α,β-unsaturated/α-hetero) is 1. The third-order valence-electron chi connectivity index (χ3n) is 4.96. The number of nitrogens with zero attached hydrogens (tertiary/aromatic N) is 1. The van der Waals surface area contributed by atoms with Gasteiger partial charge in [0, 0.05) is 16.8 Å². The van der Waals surface area contributed by atoms with Gasteiger partial charge in [0.2, 0.25) is 5.78 Å². The van der Waals surface area contributed by atoms with E-state index in [0.29, 0.717) is 23.4 Å². The van der Waals surface area contributed by atoms with E-state index in [1.54, 1.807) is 60.7 Å². The molecular weight excluding hydrogens is 424 g/mol. The summed E-state index contributed by atoms with van der Waals surface area (Å²) in [6.07, 6.45) is 1.48. The van der Waals surface area contributed by atoms with E-state index in [1.807, 2.05) is 13.8 Å². The summed E-state index contributed by atoms with van der Waals surface area (Å²) >= 11 is 0. The zero-order valence-corrected chi connectivity index (χ0v) is 18.5. The highest BCUT2D eigenvalue weighted by molar-refractivity contribution is 7.90. The number of benzene rings is 3. The van der Waals surface area contributed by atoms with Gasteiger partial charge in [-0.15, -0.1) is 0 Å². The molecule has 32 heavy (non-hydrogen) atoms. The summed E-state index contributed by atoms with van der Waals surface area (Å²) in [6, 6.07) is 20.5. The normalized spacial score (nSPS) is 14.6. The molecule has 1 aliphatic rings. The molecule has 0 aromatic heterocycles. The number of ether oxygens (including phenoxy) is 1. The third kappa shape index (κ3) is 4.48. The highest BCUT2D eigenvalue weighted by Crippen LogP contribution is 2.26. The molecule has 0 unspecified atom stereocenters. The summed E-state index contributed by atoms with van der Waals surface area (Å²) < 4.78 is 35.4. The van der Waals surface area contributed by atoms with Crippen LogP contribution in [0.2, 0.25) is 0 Å². The average molecular weight is 447 g/mol. The Morgan fingerprint density at radius 1 is 0.906 bits per heavy atom. The molecule has 162 valence electrons. The Hall–Kier alpha value is -3.71. The fourth-order valence-electron chi connectivity index (χ4n) is 3.35. The van der Waals surface area contributed by atoms with E-state index >= 15 is 0 Å². The second-order valence-electron chi connectivity index (χ2n) is 7.28. The zero-order chi connectivity index (χ0) is 22.7. The first-order valence-corrected chi connectivity index (χ1v) is 11.6. The quantitative estimate of drug-likeness (QED) is 0.590. The number of fused-ring (bicyclic) bond motifs is 1. The van der Waals surface area contributed by atoms with E-state index in [0.717, 1.165) is 11.3 Å². The van der Waals surface area contributed by atoms with Crippen molar-refractivity contribution in [3.8, 4) is 5.75 Å². The maximum Gasteiger partial charge on any atom is 0.282 e. The van der Waals surface area contributed by atoms with Gasteiger partial charge < -0.3 is 10.1 Å². The minimum Gasteiger partial charge on any atom is -0.494 e. The summed E-state index contributed by atoms with van der Waals surface area (Å²) in [5, 5.41) is 3.08. The average Bonchev–Trinajstić information content (AvgIpc) is 2.78. The van der Waals surface area contributed by atoms with Gasteiger partial charge in [0.1, 0.15) is 5.75 Å². The number of hydrogen-bond donors (Lipinski definition) is 1. The van der Waals surface area contributed by atoms with Crippen LogP contribution in [-0.2, 0) is 10.0 Å². The number of nitrogens with one attached hydrogen (secondary N) is 1. The molecule has 0 aliphatic heterocycles. The first kappa shape index (κ1) is 21.5. The molecule has 0 amide bonds. The van der Waals surface area contributed by atoms with Crippen molar-refractivity contribution in [2.24, 2.45) is 4.40 Å². The molecule has 0 saturated heterocycles. The van der Waals surface area contributed by atoms with Crippen LogP contribution in [0, 0.1) is 6.92 Å². The van der Waals surface area contributed by atoms with Gasteiger partial charge in [-0.05, 0) is 56.3 Å². The van der Waals surface area contributed by atoms with E-state index in [4.69, 9.17) is 4.74 Å². The van der Waals surface area contributed by atoms with Gasteiger partial charge in [0.05, 0.1) is 22.9 Å². The molecule has 0 bridgehead atoms. The number of anilines is 1. The summed E-state index contributed by atoms with van der Waals surface area (Å²) in [7, 11) is -3.96. The lowest BCUT2D eigenvalue weighted by Gasteiger charge is -2.19. The summed E-state index contributed by atoms with van der Waals surface area (Å²) in [5.74, 6) is 0.486. The molecule has 0 radical (unpaired) electrons. The highest BCUT2D eigenvalue weighted by atomic mass is 32.2. The summed E-state index contributed by atoms with van der Waals surface area (Å²) in [5.41, 5.74) is 2.94. The Labute approximate surface area is 187 Å². The lowest BCUT2D eigenvalue weighted by molar-refractivity contribution is 0.103. The third-order valence-corrected chi connectivity index (χ3v) is 6.26. The van der Waals surface area contributed by atoms with Crippen molar-refractivity contribution in [1.29, 1.82) is 0 Å². The van der Waals surface area contributed by atoms with E-state index in [2.05, 4.69) is 9.71 Å². The summed E-state index contributed by atoms with van der Waals surface area (Å²) in [4.78, 5) is 13.1. The van der Waals surface area contributed by atoms with Crippen molar-refractivity contribution < 1.29 is 17.9 Å². The van der Waals surface area contributed by atoms with Crippen LogP contribution in [0.4, 0.5) is 5.69 Å². The van der Waals surface area contributed by atoms with Crippen LogP contribution in [-0.4, -0.2) is 26.5 Å². The van der Waals surface area contributed by atoms with Crippen molar-refractivity contribution in [3.63, 3.8) is 0 Å². The van der Waals surface area contributed by atoms with Crippen molar-refractivity contribution in [2.75, 3.05) is 11.9 Å². The molecule has 0 atom stereocenters. The van der Waals surface area contributed by atoms with E-state index in [1.165, 1.54) is 18.2 Å². The lowest BCUT2D eigenvalue weighted by Crippen LogP contribution is -2.22. The van der Waals surface area contributed by atoms with Crippen LogP contribution in [0.15, 0.2) is 93.9 Å². The molecule has 0 heterocycles. The number of rotatable bonds is 6. The van der Waals surface area contributed by atoms with Crippen molar-refractivity contribution >= 4 is 27.2 Å². The van der Waals surface area contributed by atoms with Crippen molar-refractivity contribution in [3.05, 3.63) is 101 Å². The van der Waals surface area contributed by atoms with E-state index in [9.17, 15) is 13.2 Å². The topological polar surface area (TPSA) is 84.8 Å². The largest absolute Gasteiger partial charge is 0.494 e. The van der Waals surface area contributed by atoms with Gasteiger partial charge in [-0.25, -0.2) is 0 Å². The Morgan fingerprint density at radius 3 is 2.22 bits per heavy atom. The molecule has 7 heteroatoms. The van der Waals surface area contributed by atoms with Gasteiger partial charge in [0.25, 0.3) is 10.0 Å². The molecule has 1 aliphatic carbocycles. The number of hydrogen-bond acceptors (Lipinski definition) is 5. The SMILES string of the molecule is CCOc1ccc(NC2=CC(=NS(=O)(=O)c3ccc(C)cc3)c3ccccc3C2=O)cc1. The van der Waals surface area contributed by atoms with Crippen LogP contribution in [0.3, 0.4) is 0 Å². The smallest absolute Gasteiger partial charge is 0.282 e. The zero-order valence-electron chi connectivity index (χ0n) is 17.7. The molecule has 6 nitrogen and oxygen atoms in total. The van der Waals surface area contributed by atoms with Gasteiger partial charge in [-0.2, -0.15) is 12.8 Å². The number of allylic oxidation sites excluding steroid dienone is 2. The lowest BCUT2D eigenvalue weighted by atomic mass is 9.92.